The molecule has 1 aromatic heterocycles. The summed E-state index contributed by atoms with van der Waals surface area (Å²) in [6, 6.07) is 9.28. The normalized spacial score (nSPS) is 17.8. The fraction of sp³-hybridized carbons (Fsp3) is 0.435. The number of piperidine rings is 1. The van der Waals surface area contributed by atoms with Gasteiger partial charge >= 0.3 is 6.09 Å². The van der Waals surface area contributed by atoms with Crippen LogP contribution in [-0.2, 0) is 4.79 Å². The van der Waals surface area contributed by atoms with E-state index in [0.29, 0.717) is 29.4 Å². The van der Waals surface area contributed by atoms with Gasteiger partial charge in [0.25, 0.3) is 0 Å². The fourth-order valence-electron chi connectivity index (χ4n) is 4.44. The van der Waals surface area contributed by atoms with E-state index in [2.05, 4.69) is 26.6 Å². The molecule has 1 saturated heterocycles. The monoisotopic (exact) mass is 518 g/mol. The molecule has 0 unspecified atom stereocenters. The number of thiophene rings is 1. The molecule has 1 aliphatic carbocycles. The number of carbonyl (C=O) groups is 2. The Morgan fingerprint density at radius 1 is 1.16 bits per heavy atom. The minimum absolute atomic E-state index is 0.225. The average molecular weight is 519 g/mol. The van der Waals surface area contributed by atoms with Crippen molar-refractivity contribution in [2.24, 2.45) is 0 Å². The molecule has 9 heteroatoms. The van der Waals surface area contributed by atoms with Gasteiger partial charge in [0.2, 0.25) is 5.91 Å². The average Bonchev–Trinajstić information content (AvgIpc) is 3.38. The van der Waals surface area contributed by atoms with Gasteiger partial charge in [-0.2, -0.15) is 0 Å². The quantitative estimate of drug-likeness (QED) is 0.464. The molecule has 4 rings (SSSR count). The second-order valence-corrected chi connectivity index (χ2v) is 10.8. The van der Waals surface area contributed by atoms with Gasteiger partial charge in [-0.15, -0.1) is 0 Å². The highest BCUT2D eigenvalue weighted by Crippen LogP contribution is 2.33. The first kappa shape index (κ1) is 22.8. The van der Waals surface area contributed by atoms with E-state index in [1.165, 1.54) is 11.3 Å². The van der Waals surface area contributed by atoms with Crippen molar-refractivity contribution in [3.63, 3.8) is 0 Å². The number of nitrogens with zero attached hydrogens (tertiary/aromatic N) is 1. The van der Waals surface area contributed by atoms with Gasteiger partial charge in [-0.1, -0.05) is 24.2 Å². The van der Waals surface area contributed by atoms with Crippen molar-refractivity contribution in [3.05, 3.63) is 39.7 Å². The molecule has 0 spiro atoms. The van der Waals surface area contributed by atoms with Crippen molar-refractivity contribution < 1.29 is 14.3 Å². The summed E-state index contributed by atoms with van der Waals surface area (Å²) in [6.07, 6.45) is 5.20. The van der Waals surface area contributed by atoms with Crippen LogP contribution in [0, 0.1) is 12.3 Å². The highest BCUT2D eigenvalue weighted by molar-refractivity contribution is 9.11. The van der Waals surface area contributed by atoms with Crippen molar-refractivity contribution in [1.82, 2.24) is 5.32 Å². The van der Waals surface area contributed by atoms with Gasteiger partial charge < -0.3 is 20.3 Å². The van der Waals surface area contributed by atoms with Gasteiger partial charge in [0, 0.05) is 24.3 Å². The lowest BCUT2D eigenvalue weighted by Crippen LogP contribution is -2.55. The molecule has 7 nitrogen and oxygen atoms in total. The van der Waals surface area contributed by atoms with Gasteiger partial charge in [0.1, 0.15) is 11.4 Å². The zero-order valence-electron chi connectivity index (χ0n) is 18.0. The predicted molar refractivity (Wildman–Crippen MR) is 131 cm³/mol. The van der Waals surface area contributed by atoms with Crippen LogP contribution in [0.3, 0.4) is 0 Å². The molecule has 2 amide bonds. The van der Waals surface area contributed by atoms with E-state index < -0.39 is 11.6 Å². The van der Waals surface area contributed by atoms with E-state index in [-0.39, 0.29) is 5.91 Å². The van der Waals surface area contributed by atoms with Crippen LogP contribution in [0.5, 0.6) is 5.06 Å². The molecule has 2 heterocycles. The molecular weight excluding hydrogens is 492 g/mol. The van der Waals surface area contributed by atoms with Gasteiger partial charge in [0.05, 0.1) is 3.79 Å². The Morgan fingerprint density at radius 2 is 1.94 bits per heavy atom. The molecule has 2 aliphatic rings. The van der Waals surface area contributed by atoms with E-state index in [9.17, 15) is 9.59 Å². The maximum Gasteiger partial charge on any atom is 0.414 e. The molecule has 2 fully saturated rings. The topological polar surface area (TPSA) is 94.5 Å². The minimum atomic E-state index is -0.979. The number of benzene rings is 1. The Bertz CT molecular complexity index is 1030. The number of ether oxygens (including phenoxy) is 1. The summed E-state index contributed by atoms with van der Waals surface area (Å²) in [7, 11) is 0. The number of nitrogens with one attached hydrogen (secondary N) is 3. The van der Waals surface area contributed by atoms with Crippen LogP contribution in [0.4, 0.5) is 16.2 Å². The Labute approximate surface area is 200 Å². The molecule has 2 aromatic rings. The molecule has 1 aliphatic heterocycles. The van der Waals surface area contributed by atoms with Crippen LogP contribution in [0.15, 0.2) is 34.1 Å². The summed E-state index contributed by atoms with van der Waals surface area (Å²) in [6.45, 7) is 2.84. The third kappa shape index (κ3) is 4.99. The first-order chi connectivity index (χ1) is 15.4. The predicted octanol–water partition coefficient (Wildman–Crippen LogP) is 5.83. The number of amidine groups is 1. The zero-order chi connectivity index (χ0) is 22.7. The summed E-state index contributed by atoms with van der Waals surface area (Å²) in [5, 5.41) is 14.5. The van der Waals surface area contributed by atoms with Crippen LogP contribution < -0.4 is 20.3 Å². The fourth-order valence-corrected chi connectivity index (χ4v) is 5.63. The largest absolute Gasteiger partial charge is 0.414 e. The number of anilines is 2. The molecule has 0 bridgehead atoms. The lowest BCUT2D eigenvalue weighted by molar-refractivity contribution is -0.122. The van der Waals surface area contributed by atoms with Crippen molar-refractivity contribution in [3.8, 4) is 5.06 Å². The lowest BCUT2D eigenvalue weighted by Gasteiger charge is -2.31. The van der Waals surface area contributed by atoms with E-state index >= 15 is 0 Å². The highest BCUT2D eigenvalue weighted by Gasteiger charge is 2.43. The van der Waals surface area contributed by atoms with Crippen molar-refractivity contribution >= 4 is 56.5 Å². The van der Waals surface area contributed by atoms with Crippen LogP contribution in [0.25, 0.3) is 0 Å². The number of amides is 2. The van der Waals surface area contributed by atoms with E-state index in [1.54, 1.807) is 6.07 Å². The molecule has 32 heavy (non-hydrogen) atoms. The molecule has 1 aromatic carbocycles. The van der Waals surface area contributed by atoms with Crippen LogP contribution in [-0.4, -0.2) is 29.9 Å². The summed E-state index contributed by atoms with van der Waals surface area (Å²) >= 11 is 4.66. The van der Waals surface area contributed by atoms with Gasteiger partial charge in [-0.05, 0) is 84.4 Å². The first-order valence-electron chi connectivity index (χ1n) is 10.9. The Kier molecular flexibility index (Phi) is 6.85. The summed E-state index contributed by atoms with van der Waals surface area (Å²) < 4.78 is 6.24. The lowest BCUT2D eigenvalue weighted by atomic mass is 9.96. The minimum Gasteiger partial charge on any atom is -0.399 e. The molecule has 3 N–H and O–H groups in total. The zero-order valence-corrected chi connectivity index (χ0v) is 20.4. The molecule has 0 radical (unpaired) electrons. The van der Waals surface area contributed by atoms with Gasteiger partial charge in [-0.25, -0.2) is 4.79 Å². The number of hydrogen-bond acceptors (Lipinski definition) is 5. The van der Waals surface area contributed by atoms with Gasteiger partial charge in [0.15, 0.2) is 5.06 Å². The van der Waals surface area contributed by atoms with E-state index in [1.807, 2.05) is 36.1 Å². The maximum absolute atomic E-state index is 13.2. The number of halogens is 1. The van der Waals surface area contributed by atoms with Crippen molar-refractivity contribution in [2.75, 3.05) is 16.8 Å². The second-order valence-electron chi connectivity index (χ2n) is 8.37. The molecule has 1 saturated carbocycles. The number of rotatable bonds is 5. The second kappa shape index (κ2) is 9.62. The van der Waals surface area contributed by atoms with Crippen LogP contribution >= 0.6 is 27.3 Å². The van der Waals surface area contributed by atoms with E-state index in [0.717, 1.165) is 53.7 Å². The first-order valence-corrected chi connectivity index (χ1v) is 12.5. The third-order valence-electron chi connectivity index (χ3n) is 6.09. The highest BCUT2D eigenvalue weighted by atomic mass is 79.9. The molecule has 170 valence electrons. The SMILES string of the molecule is Cc1cc(NC(=O)C2(NC(=O)Oc3ccc(Br)s3)CCCC2)ccc1N1CCCCC1=N. The Morgan fingerprint density at radius 3 is 2.59 bits per heavy atom. The number of carbonyl (C=O) groups excluding carboxylic acids is 2. The number of aryl methyl sites for hydroxylation is 1. The van der Waals surface area contributed by atoms with Crippen molar-refractivity contribution in [1.29, 1.82) is 5.41 Å². The molecular formula is C23H27BrN4O3S. The number of hydrogen-bond donors (Lipinski definition) is 3. The third-order valence-corrected chi connectivity index (χ3v) is 7.59. The Hall–Kier alpha value is -2.39. The Balaban J connectivity index is 1.45. The summed E-state index contributed by atoms with van der Waals surface area (Å²) in [4.78, 5) is 27.8. The van der Waals surface area contributed by atoms with Crippen LogP contribution in [0.2, 0.25) is 0 Å². The summed E-state index contributed by atoms with van der Waals surface area (Å²) in [5.74, 6) is 0.415. The van der Waals surface area contributed by atoms with Crippen LogP contribution in [0.1, 0.15) is 50.5 Å². The van der Waals surface area contributed by atoms with Gasteiger partial charge in [-0.3, -0.25) is 10.2 Å². The smallest absolute Gasteiger partial charge is 0.399 e. The van der Waals surface area contributed by atoms with E-state index in [4.69, 9.17) is 10.1 Å². The maximum atomic E-state index is 13.2. The van der Waals surface area contributed by atoms with Crippen molar-refractivity contribution in [2.45, 2.75) is 57.4 Å². The standard InChI is InChI=1S/C23H27BrN4O3S/c1-15-14-16(7-8-17(15)28-13-5-2-6-19(28)25)26-21(29)23(11-3-4-12-23)27-22(30)31-20-10-9-18(24)32-20/h7-10,14,25H,2-6,11-13H2,1H3,(H,26,29)(H,27,30). The summed E-state index contributed by atoms with van der Waals surface area (Å²) in [5.41, 5.74) is 1.72. The molecule has 0 atom stereocenters.